The summed E-state index contributed by atoms with van der Waals surface area (Å²) in [5.41, 5.74) is -1.26. The molecule has 0 fully saturated rings. The van der Waals surface area contributed by atoms with Crippen molar-refractivity contribution in [2.75, 3.05) is 41.3 Å². The van der Waals surface area contributed by atoms with Crippen LogP contribution >= 0.6 is 12.2 Å². The summed E-state index contributed by atoms with van der Waals surface area (Å²) in [6.45, 7) is 5.06. The molecule has 0 atom stereocenters. The van der Waals surface area contributed by atoms with E-state index in [1.807, 2.05) is 13.8 Å². The fourth-order valence-electron chi connectivity index (χ4n) is 2.11. The van der Waals surface area contributed by atoms with Crippen molar-refractivity contribution < 1.29 is 8.78 Å². The first-order valence-corrected chi connectivity index (χ1v) is 10.1. The fourth-order valence-corrected chi connectivity index (χ4v) is 2.49. The Labute approximate surface area is 195 Å². The van der Waals surface area contributed by atoms with Crippen molar-refractivity contribution in [1.82, 2.24) is 34.2 Å². The molecule has 2 aromatic rings. The van der Waals surface area contributed by atoms with Crippen LogP contribution in [0.25, 0.3) is 0 Å². The van der Waals surface area contributed by atoms with Gasteiger partial charge >= 0.3 is 11.4 Å². The van der Waals surface area contributed by atoms with Crippen LogP contribution in [-0.4, -0.2) is 93.3 Å². The molecule has 2 heterocycles. The summed E-state index contributed by atoms with van der Waals surface area (Å²) in [5.74, 6) is -1.72. The zero-order valence-electron chi connectivity index (χ0n) is 19.3. The highest BCUT2D eigenvalue weighted by molar-refractivity contribution is 7.80. The quantitative estimate of drug-likeness (QED) is 0.370. The highest BCUT2D eigenvalue weighted by Crippen LogP contribution is 2.11. The van der Waals surface area contributed by atoms with E-state index >= 15 is 0 Å². The summed E-state index contributed by atoms with van der Waals surface area (Å²) in [6.07, 6.45) is 4.62. The molecule has 0 amide bonds. The number of H-pyrrole nitrogens is 1. The van der Waals surface area contributed by atoms with Gasteiger partial charge in [-0.2, -0.15) is 9.97 Å². The van der Waals surface area contributed by atoms with E-state index < -0.39 is 23.0 Å². The monoisotopic (exact) mass is 483 g/mol. The molecule has 11 nitrogen and oxygen atoms in total. The molecule has 180 valence electrons. The van der Waals surface area contributed by atoms with Gasteiger partial charge in [-0.25, -0.2) is 32.9 Å². The van der Waals surface area contributed by atoms with E-state index in [0.29, 0.717) is 13.1 Å². The van der Waals surface area contributed by atoms with Gasteiger partial charge in [-0.3, -0.25) is 4.98 Å². The minimum Gasteiger partial charge on any atom is -0.369 e. The van der Waals surface area contributed by atoms with E-state index in [-0.39, 0.29) is 16.7 Å². The second-order valence-electron chi connectivity index (χ2n) is 6.82. The van der Waals surface area contributed by atoms with Gasteiger partial charge in [0.25, 0.3) is 0 Å². The van der Waals surface area contributed by atoms with E-state index in [0.717, 1.165) is 17.0 Å². The van der Waals surface area contributed by atoms with Gasteiger partial charge in [0.05, 0.1) is 25.1 Å². The number of thiocarbonyl (C=S) groups is 1. The Balaban J connectivity index is 0.000000361. The van der Waals surface area contributed by atoms with Gasteiger partial charge in [-0.05, 0) is 26.1 Å². The lowest BCUT2D eigenvalue weighted by molar-refractivity contribution is 0.455. The lowest BCUT2D eigenvalue weighted by Gasteiger charge is -2.22. The molecule has 0 bridgehead atoms. The molecular formula is C19H27F2N9O2S. The molecule has 0 spiro atoms. The molecule has 0 aliphatic carbocycles. The molecule has 33 heavy (non-hydrogen) atoms. The van der Waals surface area contributed by atoms with Crippen LogP contribution in [0.5, 0.6) is 0 Å². The molecule has 0 radical (unpaired) electrons. The van der Waals surface area contributed by atoms with E-state index in [2.05, 4.69) is 24.9 Å². The number of aromatic nitrogens is 4. The van der Waals surface area contributed by atoms with Gasteiger partial charge in [0.1, 0.15) is 0 Å². The lowest BCUT2D eigenvalue weighted by atomic mass is 10.5. The molecule has 14 heteroatoms. The largest absolute Gasteiger partial charge is 0.369 e. The second-order valence-corrected chi connectivity index (χ2v) is 7.19. The van der Waals surface area contributed by atoms with E-state index in [1.165, 1.54) is 12.7 Å². The third kappa shape index (κ3) is 8.84. The van der Waals surface area contributed by atoms with Crippen LogP contribution in [0.3, 0.4) is 0 Å². The van der Waals surface area contributed by atoms with Gasteiger partial charge in [-0.1, -0.05) is 0 Å². The van der Waals surface area contributed by atoms with Crippen molar-refractivity contribution in [3.05, 3.63) is 45.0 Å². The average molecular weight is 484 g/mol. The topological polar surface area (TPSA) is 115 Å². The Kier molecular flexibility index (Phi) is 10.9. The van der Waals surface area contributed by atoms with Crippen LogP contribution in [0, 0.1) is 11.6 Å². The maximum atomic E-state index is 13.9. The van der Waals surface area contributed by atoms with Crippen LogP contribution in [0.1, 0.15) is 13.8 Å². The summed E-state index contributed by atoms with van der Waals surface area (Å²) in [6, 6.07) is 0. The third-order valence-electron chi connectivity index (χ3n) is 3.68. The van der Waals surface area contributed by atoms with E-state index in [9.17, 15) is 18.4 Å². The predicted octanol–water partition coefficient (Wildman–Crippen LogP) is 1.21. The average Bonchev–Trinajstić information content (AvgIpc) is 2.75. The molecule has 1 N–H and O–H groups in total. The standard InChI is InChI=1S/C12H18FN5OS.C7H9FN4O/c1-5-17(6-2)12(20)18-7-9(13)10(15-11(18)19)14-8-16(3)4;1-12(2)4-10-6-5(8)3-9-7(13)11-6/h7-8H,5-6H2,1-4H3;3-4H,1-2H3,(H,9,11,13). The molecule has 0 aromatic carbocycles. The summed E-state index contributed by atoms with van der Waals surface area (Å²) in [5, 5.41) is 0.231. The van der Waals surface area contributed by atoms with Gasteiger partial charge in [0.2, 0.25) is 0 Å². The van der Waals surface area contributed by atoms with Crippen molar-refractivity contribution in [3.63, 3.8) is 0 Å². The lowest BCUT2D eigenvalue weighted by Crippen LogP contribution is -2.40. The summed E-state index contributed by atoms with van der Waals surface area (Å²) >= 11 is 5.17. The number of hydrogen-bond donors (Lipinski definition) is 1. The van der Waals surface area contributed by atoms with Crippen LogP contribution in [0.15, 0.2) is 32.0 Å². The molecule has 2 aromatic heterocycles. The SMILES string of the molecule is CCN(CC)C(=S)n1cc(F)c(N=CN(C)C)nc1=O.CN(C)C=Nc1[nH]c(=O)ncc1F. The Morgan fingerprint density at radius 2 is 1.67 bits per heavy atom. The first-order chi connectivity index (χ1) is 15.5. The predicted molar refractivity (Wildman–Crippen MR) is 128 cm³/mol. The first kappa shape index (κ1) is 27.5. The van der Waals surface area contributed by atoms with Crippen LogP contribution in [0.4, 0.5) is 20.4 Å². The normalized spacial score (nSPS) is 10.8. The van der Waals surface area contributed by atoms with Gasteiger partial charge in [0, 0.05) is 41.3 Å². The molecule has 0 saturated heterocycles. The van der Waals surface area contributed by atoms with E-state index in [1.54, 1.807) is 42.9 Å². The van der Waals surface area contributed by atoms with Gasteiger partial charge in [-0.15, -0.1) is 0 Å². The molecule has 0 aliphatic heterocycles. The van der Waals surface area contributed by atoms with Crippen molar-refractivity contribution in [2.45, 2.75) is 13.8 Å². The molecule has 0 aliphatic rings. The highest BCUT2D eigenvalue weighted by Gasteiger charge is 2.14. The van der Waals surface area contributed by atoms with Crippen LogP contribution in [-0.2, 0) is 0 Å². The fraction of sp³-hybridized carbons (Fsp3) is 0.421. The number of aromatic amines is 1. The zero-order chi connectivity index (χ0) is 25.1. The Bertz CT molecular complexity index is 1110. The zero-order valence-corrected chi connectivity index (χ0v) is 20.1. The summed E-state index contributed by atoms with van der Waals surface area (Å²) in [7, 11) is 6.94. The number of hydrogen-bond acceptors (Lipinski definition) is 7. The second kappa shape index (κ2) is 13.1. The van der Waals surface area contributed by atoms with Gasteiger partial charge in [0.15, 0.2) is 28.4 Å². The van der Waals surface area contributed by atoms with Crippen molar-refractivity contribution in [2.24, 2.45) is 9.98 Å². The van der Waals surface area contributed by atoms with Crippen LogP contribution in [0.2, 0.25) is 0 Å². The maximum Gasteiger partial charge on any atom is 0.356 e. The van der Waals surface area contributed by atoms with E-state index in [4.69, 9.17) is 12.2 Å². The minimum absolute atomic E-state index is 0.117. The molecule has 0 unspecified atom stereocenters. The minimum atomic E-state index is -0.697. The third-order valence-corrected chi connectivity index (χ3v) is 4.13. The van der Waals surface area contributed by atoms with Crippen molar-refractivity contribution in [3.8, 4) is 0 Å². The highest BCUT2D eigenvalue weighted by atomic mass is 32.1. The Hall–Kier alpha value is -3.55. The number of nitrogens with zero attached hydrogens (tertiary/aromatic N) is 8. The molecule has 2 rings (SSSR count). The first-order valence-electron chi connectivity index (χ1n) is 9.74. The van der Waals surface area contributed by atoms with Crippen molar-refractivity contribution >= 4 is 41.6 Å². The van der Waals surface area contributed by atoms with Crippen LogP contribution < -0.4 is 11.4 Å². The molecular weight excluding hydrogens is 456 g/mol. The Morgan fingerprint density at radius 3 is 2.21 bits per heavy atom. The van der Waals surface area contributed by atoms with Crippen molar-refractivity contribution in [1.29, 1.82) is 0 Å². The summed E-state index contributed by atoms with van der Waals surface area (Å²) < 4.78 is 27.8. The smallest absolute Gasteiger partial charge is 0.356 e. The Morgan fingerprint density at radius 1 is 1.09 bits per heavy atom. The maximum absolute atomic E-state index is 13.9. The number of nitrogens with one attached hydrogen (secondary N) is 1. The number of rotatable bonds is 6. The van der Waals surface area contributed by atoms with Gasteiger partial charge < -0.3 is 14.7 Å². The number of aliphatic imine (C=N–C) groups is 2. The molecule has 0 saturated carbocycles. The number of halogens is 2. The summed E-state index contributed by atoms with van der Waals surface area (Å²) in [4.78, 5) is 44.0.